The summed E-state index contributed by atoms with van der Waals surface area (Å²) in [6.07, 6.45) is 0. The average molecular weight is 411 g/mol. The Kier molecular flexibility index (Phi) is 6.44. The van der Waals surface area contributed by atoms with Gasteiger partial charge in [0.1, 0.15) is 5.75 Å². The number of ether oxygens (including phenoxy) is 2. The third kappa shape index (κ3) is 4.45. The number of morpholine rings is 1. The van der Waals surface area contributed by atoms with E-state index in [1.165, 1.54) is 4.88 Å². The van der Waals surface area contributed by atoms with Crippen LogP contribution in [-0.2, 0) is 4.74 Å². The monoisotopic (exact) mass is 410 g/mol. The van der Waals surface area contributed by atoms with Gasteiger partial charge in [0.15, 0.2) is 0 Å². The minimum atomic E-state index is -0.0972. The van der Waals surface area contributed by atoms with Crippen LogP contribution >= 0.6 is 11.3 Å². The highest BCUT2D eigenvalue weighted by molar-refractivity contribution is 7.10. The SMILES string of the molecule is CCOc1ccc2ccccc2c1C(=O)NC[C@@H](c1cccs1)N1CCOCC1. The number of rotatable bonds is 7. The van der Waals surface area contributed by atoms with Gasteiger partial charge in [0, 0.05) is 24.5 Å². The number of nitrogens with zero attached hydrogens (tertiary/aromatic N) is 1. The molecule has 1 fully saturated rings. The lowest BCUT2D eigenvalue weighted by molar-refractivity contribution is 0.0169. The molecule has 4 rings (SSSR count). The van der Waals surface area contributed by atoms with Crippen LogP contribution in [0.3, 0.4) is 0 Å². The summed E-state index contributed by atoms with van der Waals surface area (Å²) >= 11 is 1.73. The molecule has 2 aromatic carbocycles. The molecular weight excluding hydrogens is 384 g/mol. The van der Waals surface area contributed by atoms with Crippen molar-refractivity contribution >= 4 is 28.0 Å². The number of carbonyl (C=O) groups excluding carboxylic acids is 1. The molecule has 3 aromatic rings. The van der Waals surface area contributed by atoms with Gasteiger partial charge in [-0.25, -0.2) is 0 Å². The Hall–Kier alpha value is -2.41. The lowest BCUT2D eigenvalue weighted by Crippen LogP contribution is -2.43. The van der Waals surface area contributed by atoms with Gasteiger partial charge in [-0.1, -0.05) is 36.4 Å². The van der Waals surface area contributed by atoms with Crippen molar-refractivity contribution < 1.29 is 14.3 Å². The minimum Gasteiger partial charge on any atom is -0.493 e. The van der Waals surface area contributed by atoms with Gasteiger partial charge in [0.2, 0.25) is 0 Å². The van der Waals surface area contributed by atoms with Gasteiger partial charge in [-0.05, 0) is 35.2 Å². The third-order valence-corrected chi connectivity index (χ3v) is 6.21. The van der Waals surface area contributed by atoms with Crippen LogP contribution in [-0.4, -0.2) is 50.3 Å². The van der Waals surface area contributed by atoms with Crippen LogP contribution in [0, 0.1) is 0 Å². The van der Waals surface area contributed by atoms with Crippen molar-refractivity contribution in [3.8, 4) is 5.75 Å². The molecule has 0 bridgehead atoms. The Morgan fingerprint density at radius 3 is 2.76 bits per heavy atom. The first-order valence-corrected chi connectivity index (χ1v) is 10.9. The highest BCUT2D eigenvalue weighted by Gasteiger charge is 2.25. The lowest BCUT2D eigenvalue weighted by Gasteiger charge is -2.34. The van der Waals surface area contributed by atoms with Gasteiger partial charge in [0.05, 0.1) is 31.4 Å². The second-order valence-corrected chi connectivity index (χ2v) is 7.96. The van der Waals surface area contributed by atoms with E-state index in [-0.39, 0.29) is 11.9 Å². The van der Waals surface area contributed by atoms with E-state index in [9.17, 15) is 4.79 Å². The molecular formula is C23H26N2O3S. The van der Waals surface area contributed by atoms with Crippen molar-refractivity contribution in [2.75, 3.05) is 39.5 Å². The zero-order valence-corrected chi connectivity index (χ0v) is 17.4. The summed E-state index contributed by atoms with van der Waals surface area (Å²) in [5, 5.41) is 7.21. The highest BCUT2D eigenvalue weighted by Crippen LogP contribution is 2.29. The number of hydrogen-bond donors (Lipinski definition) is 1. The van der Waals surface area contributed by atoms with E-state index >= 15 is 0 Å². The summed E-state index contributed by atoms with van der Waals surface area (Å²) in [6, 6.07) is 16.2. The fourth-order valence-electron chi connectivity index (χ4n) is 3.82. The Labute approximate surface area is 175 Å². The number of carbonyl (C=O) groups is 1. The third-order valence-electron chi connectivity index (χ3n) is 5.23. The van der Waals surface area contributed by atoms with Crippen molar-refractivity contribution in [2.24, 2.45) is 0 Å². The maximum absolute atomic E-state index is 13.3. The number of benzene rings is 2. The first kappa shape index (κ1) is 19.9. The van der Waals surface area contributed by atoms with Crippen LogP contribution in [0.25, 0.3) is 10.8 Å². The Bertz CT molecular complexity index is 952. The van der Waals surface area contributed by atoms with Gasteiger partial charge in [-0.2, -0.15) is 0 Å². The van der Waals surface area contributed by atoms with Crippen molar-refractivity contribution in [1.82, 2.24) is 10.2 Å². The number of nitrogens with one attached hydrogen (secondary N) is 1. The molecule has 6 heteroatoms. The zero-order chi connectivity index (χ0) is 20.1. The molecule has 0 spiro atoms. The molecule has 29 heavy (non-hydrogen) atoms. The first-order chi connectivity index (χ1) is 14.3. The smallest absolute Gasteiger partial charge is 0.255 e. The fourth-order valence-corrected chi connectivity index (χ4v) is 4.68. The van der Waals surface area contributed by atoms with Crippen LogP contribution in [0.15, 0.2) is 53.9 Å². The Morgan fingerprint density at radius 1 is 1.17 bits per heavy atom. The van der Waals surface area contributed by atoms with Crippen LogP contribution in [0.1, 0.15) is 28.2 Å². The predicted octanol–water partition coefficient (Wildman–Crippen LogP) is 4.10. The summed E-state index contributed by atoms with van der Waals surface area (Å²) in [4.78, 5) is 16.9. The number of amides is 1. The standard InChI is InChI=1S/C23H26N2O3S/c1-2-28-20-10-9-17-6-3-4-7-18(17)22(20)23(26)24-16-19(21-8-5-15-29-21)25-11-13-27-14-12-25/h3-10,15,19H,2,11-14,16H2,1H3,(H,24,26)/t19-/m0/s1. The van der Waals surface area contributed by atoms with Crippen molar-refractivity contribution in [2.45, 2.75) is 13.0 Å². The molecule has 0 saturated carbocycles. The number of thiophene rings is 1. The van der Waals surface area contributed by atoms with Gasteiger partial charge < -0.3 is 14.8 Å². The van der Waals surface area contributed by atoms with Crippen LogP contribution in [0.4, 0.5) is 0 Å². The average Bonchev–Trinajstić information content (AvgIpc) is 3.29. The normalized spacial score (nSPS) is 15.9. The molecule has 0 aliphatic carbocycles. The summed E-state index contributed by atoms with van der Waals surface area (Å²) in [5.41, 5.74) is 0.608. The fraction of sp³-hybridized carbons (Fsp3) is 0.348. The van der Waals surface area contributed by atoms with Crippen LogP contribution < -0.4 is 10.1 Å². The number of hydrogen-bond acceptors (Lipinski definition) is 5. The number of fused-ring (bicyclic) bond motifs is 1. The quantitative estimate of drug-likeness (QED) is 0.637. The zero-order valence-electron chi connectivity index (χ0n) is 16.6. The van der Waals surface area contributed by atoms with E-state index in [0.717, 1.165) is 37.1 Å². The molecule has 0 radical (unpaired) electrons. The second kappa shape index (κ2) is 9.39. The molecule has 0 unspecified atom stereocenters. The minimum absolute atomic E-state index is 0.0972. The van der Waals surface area contributed by atoms with Gasteiger partial charge >= 0.3 is 0 Å². The molecule has 1 atom stereocenters. The van der Waals surface area contributed by atoms with E-state index < -0.39 is 0 Å². The van der Waals surface area contributed by atoms with Gasteiger partial charge in [0.25, 0.3) is 5.91 Å². The van der Waals surface area contributed by atoms with Crippen molar-refractivity contribution in [3.05, 3.63) is 64.4 Å². The maximum atomic E-state index is 13.3. The highest BCUT2D eigenvalue weighted by atomic mass is 32.1. The van der Waals surface area contributed by atoms with E-state index in [1.807, 2.05) is 43.3 Å². The molecule has 1 aromatic heterocycles. The summed E-state index contributed by atoms with van der Waals surface area (Å²) < 4.78 is 11.3. The van der Waals surface area contributed by atoms with E-state index in [4.69, 9.17) is 9.47 Å². The van der Waals surface area contributed by atoms with Gasteiger partial charge in [-0.3, -0.25) is 9.69 Å². The molecule has 1 saturated heterocycles. The second-order valence-electron chi connectivity index (χ2n) is 6.98. The molecule has 152 valence electrons. The summed E-state index contributed by atoms with van der Waals surface area (Å²) in [5.74, 6) is 0.530. The summed E-state index contributed by atoms with van der Waals surface area (Å²) in [6.45, 7) is 6.20. The molecule has 2 heterocycles. The van der Waals surface area contributed by atoms with Crippen LogP contribution in [0.2, 0.25) is 0 Å². The molecule has 1 N–H and O–H groups in total. The predicted molar refractivity (Wildman–Crippen MR) is 117 cm³/mol. The van der Waals surface area contributed by atoms with E-state index in [1.54, 1.807) is 11.3 Å². The Balaban J connectivity index is 1.59. The van der Waals surface area contributed by atoms with Crippen LogP contribution in [0.5, 0.6) is 5.75 Å². The van der Waals surface area contributed by atoms with Crippen molar-refractivity contribution in [3.63, 3.8) is 0 Å². The van der Waals surface area contributed by atoms with Gasteiger partial charge in [-0.15, -0.1) is 11.3 Å². The largest absolute Gasteiger partial charge is 0.493 e. The van der Waals surface area contributed by atoms with E-state index in [0.29, 0.717) is 24.5 Å². The summed E-state index contributed by atoms with van der Waals surface area (Å²) in [7, 11) is 0. The van der Waals surface area contributed by atoms with Crippen molar-refractivity contribution in [1.29, 1.82) is 0 Å². The molecule has 5 nitrogen and oxygen atoms in total. The first-order valence-electron chi connectivity index (χ1n) is 10.1. The maximum Gasteiger partial charge on any atom is 0.255 e. The molecule has 1 amide bonds. The molecule has 1 aliphatic heterocycles. The topological polar surface area (TPSA) is 50.8 Å². The molecule has 1 aliphatic rings. The lowest BCUT2D eigenvalue weighted by atomic mass is 10.0. The van der Waals surface area contributed by atoms with E-state index in [2.05, 4.69) is 27.7 Å². The Morgan fingerprint density at radius 2 is 2.00 bits per heavy atom.